The van der Waals surface area contributed by atoms with Crippen molar-refractivity contribution in [1.29, 1.82) is 0 Å². The first-order valence-electron chi connectivity index (χ1n) is 18.7. The number of piperidine rings is 1. The molecule has 0 bridgehead atoms. The summed E-state index contributed by atoms with van der Waals surface area (Å²) < 4.78 is 10.4. The SMILES string of the molecule is CC(C)C(=O)C1CCC(O)CC1.CC(C)C(=O)C1CCOCC1.CC(C)C(=O)CN1CCC(O)CC1.CC(C)C(=O)CN1CCOCC1. The predicted octanol–water partition coefficient (Wildman–Crippen LogP) is 4.61. The number of ketones is 4. The van der Waals surface area contributed by atoms with Crippen LogP contribution in [0.3, 0.4) is 0 Å². The third-order valence-electron chi connectivity index (χ3n) is 9.57. The topological polar surface area (TPSA) is 134 Å². The van der Waals surface area contributed by atoms with Crippen LogP contribution in [0.25, 0.3) is 0 Å². The highest BCUT2D eigenvalue weighted by Crippen LogP contribution is 2.27. The molecule has 4 fully saturated rings. The predicted molar refractivity (Wildman–Crippen MR) is 190 cm³/mol. The van der Waals surface area contributed by atoms with Gasteiger partial charge < -0.3 is 19.7 Å². The molecular formula is C38H70N2O8. The Labute approximate surface area is 291 Å². The summed E-state index contributed by atoms with van der Waals surface area (Å²) in [5.41, 5.74) is 0. The van der Waals surface area contributed by atoms with Gasteiger partial charge in [-0.2, -0.15) is 0 Å². The number of Topliss-reactive ketones (excluding diaryl/α,β-unsaturated/α-hetero) is 4. The van der Waals surface area contributed by atoms with E-state index in [4.69, 9.17) is 9.47 Å². The minimum absolute atomic E-state index is 0.131. The summed E-state index contributed by atoms with van der Waals surface area (Å²) in [6.45, 7) is 23.4. The first-order chi connectivity index (χ1) is 22.6. The van der Waals surface area contributed by atoms with Gasteiger partial charge in [0.1, 0.15) is 23.1 Å². The van der Waals surface area contributed by atoms with E-state index >= 15 is 0 Å². The van der Waals surface area contributed by atoms with Crippen molar-refractivity contribution in [1.82, 2.24) is 9.80 Å². The summed E-state index contributed by atoms with van der Waals surface area (Å²) >= 11 is 0. The highest BCUT2D eigenvalue weighted by atomic mass is 16.5. The molecular weight excluding hydrogens is 612 g/mol. The van der Waals surface area contributed by atoms with Crippen molar-refractivity contribution in [2.24, 2.45) is 35.5 Å². The van der Waals surface area contributed by atoms with Gasteiger partial charge in [0.05, 0.1) is 38.5 Å². The van der Waals surface area contributed by atoms with Gasteiger partial charge in [0.2, 0.25) is 0 Å². The normalized spacial score (nSPS) is 23.0. The van der Waals surface area contributed by atoms with Crippen LogP contribution >= 0.6 is 0 Å². The van der Waals surface area contributed by atoms with Gasteiger partial charge in [-0.05, 0) is 51.4 Å². The standard InChI is InChI=1S/C10H19NO2.C10H18O2.C9H17NO2.C9H16O2/c1-8(2)10(13)7-11-5-3-9(12)4-6-11;1-7(2)10(12)8-3-5-9(11)6-4-8;1-8(2)9(11)7-10-3-5-12-6-4-10;1-7(2)9(10)8-3-5-11-6-4-8/h8-9,12H,3-7H2,1-2H3;7-9,11H,3-6H2,1-2H3;8H,3-7H2,1-2H3;7-8H,3-6H2,1-2H3. The summed E-state index contributed by atoms with van der Waals surface area (Å²) in [7, 11) is 0. The average Bonchev–Trinajstić information content (AvgIpc) is 3.07. The molecule has 0 aromatic heterocycles. The van der Waals surface area contributed by atoms with Crippen molar-refractivity contribution in [2.45, 2.75) is 119 Å². The van der Waals surface area contributed by atoms with Crippen LogP contribution < -0.4 is 0 Å². The molecule has 10 nitrogen and oxygen atoms in total. The molecule has 3 saturated heterocycles. The molecule has 2 N–H and O–H groups in total. The highest BCUT2D eigenvalue weighted by Gasteiger charge is 2.26. The van der Waals surface area contributed by atoms with Gasteiger partial charge >= 0.3 is 0 Å². The second-order valence-electron chi connectivity index (χ2n) is 15.1. The van der Waals surface area contributed by atoms with E-state index in [1.807, 2.05) is 55.4 Å². The maximum atomic E-state index is 11.5. The molecule has 0 spiro atoms. The van der Waals surface area contributed by atoms with E-state index < -0.39 is 0 Å². The van der Waals surface area contributed by atoms with Gasteiger partial charge in [0, 0.05) is 74.9 Å². The number of aliphatic hydroxyl groups is 2. The Hall–Kier alpha value is -1.56. The number of aliphatic hydroxyl groups excluding tert-OH is 2. The number of carbonyl (C=O) groups excluding carboxylic acids is 4. The average molecular weight is 683 g/mol. The van der Waals surface area contributed by atoms with E-state index in [1.165, 1.54) is 0 Å². The zero-order chi connectivity index (χ0) is 36.2. The van der Waals surface area contributed by atoms with Crippen LogP contribution in [0, 0.1) is 35.5 Å². The molecule has 0 atom stereocenters. The van der Waals surface area contributed by atoms with Crippen LogP contribution in [0.1, 0.15) is 107 Å². The molecule has 1 saturated carbocycles. The minimum atomic E-state index is -0.152. The molecule has 0 aromatic carbocycles. The smallest absolute Gasteiger partial charge is 0.149 e. The number of nitrogens with zero attached hydrogens (tertiary/aromatic N) is 2. The molecule has 0 aromatic rings. The van der Waals surface area contributed by atoms with Crippen molar-refractivity contribution < 1.29 is 38.9 Å². The lowest BCUT2D eigenvalue weighted by Crippen LogP contribution is -2.40. The molecule has 4 aliphatic rings. The maximum absolute atomic E-state index is 11.5. The lowest BCUT2D eigenvalue weighted by molar-refractivity contribution is -0.129. The second-order valence-corrected chi connectivity index (χ2v) is 15.1. The third kappa shape index (κ3) is 19.0. The van der Waals surface area contributed by atoms with Crippen molar-refractivity contribution >= 4 is 23.1 Å². The maximum Gasteiger partial charge on any atom is 0.149 e. The van der Waals surface area contributed by atoms with Gasteiger partial charge in [-0.1, -0.05) is 55.4 Å². The van der Waals surface area contributed by atoms with Crippen molar-refractivity contribution in [2.75, 3.05) is 65.7 Å². The summed E-state index contributed by atoms with van der Waals surface area (Å²) in [6, 6.07) is 0. The van der Waals surface area contributed by atoms with E-state index in [0.717, 1.165) is 104 Å². The fourth-order valence-corrected chi connectivity index (χ4v) is 5.93. The summed E-state index contributed by atoms with van der Waals surface area (Å²) in [4.78, 5) is 50.0. The lowest BCUT2D eigenvalue weighted by Gasteiger charge is -2.29. The summed E-state index contributed by atoms with van der Waals surface area (Å²) in [5.74, 6) is 2.57. The number of morpholine rings is 1. The number of likely N-dealkylation sites (tertiary alicyclic amines) is 1. The highest BCUT2D eigenvalue weighted by molar-refractivity contribution is 5.83. The molecule has 4 rings (SSSR count). The summed E-state index contributed by atoms with van der Waals surface area (Å²) in [5, 5.41) is 18.5. The van der Waals surface area contributed by atoms with Gasteiger partial charge in [0.15, 0.2) is 0 Å². The number of rotatable bonds is 10. The number of hydrogen-bond donors (Lipinski definition) is 2. The van der Waals surface area contributed by atoms with Gasteiger partial charge in [-0.3, -0.25) is 29.0 Å². The Kier molecular flexibility index (Phi) is 22.8. The van der Waals surface area contributed by atoms with Crippen LogP contribution in [0.2, 0.25) is 0 Å². The minimum Gasteiger partial charge on any atom is -0.393 e. The number of hydrogen-bond acceptors (Lipinski definition) is 10. The summed E-state index contributed by atoms with van der Waals surface area (Å²) in [6.07, 6.45) is 6.57. The lowest BCUT2D eigenvalue weighted by atomic mass is 9.81. The van der Waals surface area contributed by atoms with Crippen LogP contribution in [-0.4, -0.2) is 121 Å². The molecule has 0 amide bonds. The second kappa shape index (κ2) is 24.6. The molecule has 0 radical (unpaired) electrons. The Morgan fingerprint density at radius 2 is 0.854 bits per heavy atom. The molecule has 3 heterocycles. The van der Waals surface area contributed by atoms with E-state index in [9.17, 15) is 29.4 Å². The first-order valence-corrected chi connectivity index (χ1v) is 18.7. The molecule has 3 aliphatic heterocycles. The zero-order valence-electron chi connectivity index (χ0n) is 31.6. The quantitative estimate of drug-likeness (QED) is 0.337. The fraction of sp³-hybridized carbons (Fsp3) is 0.895. The molecule has 48 heavy (non-hydrogen) atoms. The number of ether oxygens (including phenoxy) is 2. The number of carbonyl (C=O) groups is 4. The Morgan fingerprint density at radius 1 is 0.500 bits per heavy atom. The van der Waals surface area contributed by atoms with Crippen molar-refractivity contribution in [3.05, 3.63) is 0 Å². The third-order valence-corrected chi connectivity index (χ3v) is 9.57. The van der Waals surface area contributed by atoms with Crippen LogP contribution in [0.5, 0.6) is 0 Å². The van der Waals surface area contributed by atoms with Gasteiger partial charge in [0.25, 0.3) is 0 Å². The molecule has 10 heteroatoms. The Balaban J connectivity index is 0.000000320. The van der Waals surface area contributed by atoms with E-state index in [0.29, 0.717) is 36.2 Å². The zero-order valence-corrected chi connectivity index (χ0v) is 31.6. The van der Waals surface area contributed by atoms with Crippen molar-refractivity contribution in [3.63, 3.8) is 0 Å². The Morgan fingerprint density at radius 3 is 1.25 bits per heavy atom. The monoisotopic (exact) mass is 683 g/mol. The molecule has 0 unspecified atom stereocenters. The first kappa shape index (κ1) is 44.5. The Bertz CT molecular complexity index is 910. The van der Waals surface area contributed by atoms with Crippen LogP contribution in [0.15, 0.2) is 0 Å². The van der Waals surface area contributed by atoms with E-state index in [1.54, 1.807) is 0 Å². The van der Waals surface area contributed by atoms with Crippen molar-refractivity contribution in [3.8, 4) is 0 Å². The van der Waals surface area contributed by atoms with Crippen LogP contribution in [-0.2, 0) is 28.7 Å². The fourth-order valence-electron chi connectivity index (χ4n) is 5.93. The van der Waals surface area contributed by atoms with E-state index in [-0.39, 0.29) is 47.7 Å². The molecule has 280 valence electrons. The largest absolute Gasteiger partial charge is 0.393 e. The molecule has 1 aliphatic carbocycles. The van der Waals surface area contributed by atoms with Gasteiger partial charge in [-0.25, -0.2) is 0 Å². The van der Waals surface area contributed by atoms with E-state index in [2.05, 4.69) is 9.80 Å². The van der Waals surface area contributed by atoms with Crippen LogP contribution in [0.4, 0.5) is 0 Å². The van der Waals surface area contributed by atoms with Gasteiger partial charge in [-0.15, -0.1) is 0 Å².